The fourth-order valence-corrected chi connectivity index (χ4v) is 6.90. The molecule has 0 saturated carbocycles. The van der Waals surface area contributed by atoms with Gasteiger partial charge in [-0.05, 0) is 69.0 Å². The number of carbonyl (C=O) groups excluding carboxylic acids is 1. The van der Waals surface area contributed by atoms with Crippen molar-refractivity contribution in [2.45, 2.75) is 71.6 Å². The van der Waals surface area contributed by atoms with Crippen molar-refractivity contribution in [1.29, 1.82) is 0 Å². The van der Waals surface area contributed by atoms with Gasteiger partial charge in [-0.25, -0.2) is 9.78 Å². The smallest absolute Gasteiger partial charge is 0.410 e. The van der Waals surface area contributed by atoms with Crippen LogP contribution in [0.2, 0.25) is 0 Å². The van der Waals surface area contributed by atoms with E-state index in [0.29, 0.717) is 26.2 Å². The van der Waals surface area contributed by atoms with Crippen LogP contribution in [0.1, 0.15) is 52.7 Å². The van der Waals surface area contributed by atoms with Crippen molar-refractivity contribution in [2.24, 2.45) is 7.05 Å². The molecule has 46 heavy (non-hydrogen) atoms. The van der Waals surface area contributed by atoms with E-state index < -0.39 is 5.60 Å². The van der Waals surface area contributed by atoms with Gasteiger partial charge in [-0.2, -0.15) is 0 Å². The first-order chi connectivity index (χ1) is 22.2. The molecular weight excluding hydrogens is 596 g/mol. The highest BCUT2D eigenvalue weighted by Crippen LogP contribution is 2.35. The third kappa shape index (κ3) is 7.09. The van der Waals surface area contributed by atoms with Gasteiger partial charge in [0.2, 0.25) is 0 Å². The minimum atomic E-state index is -0.489. The van der Waals surface area contributed by atoms with E-state index >= 15 is 0 Å². The zero-order valence-corrected chi connectivity index (χ0v) is 28.3. The Balaban J connectivity index is 1.13. The molecule has 5 aromatic rings. The first-order valence-electron chi connectivity index (χ1n) is 16.3. The van der Waals surface area contributed by atoms with E-state index in [0.717, 1.165) is 60.0 Å². The molecule has 1 fully saturated rings. The lowest BCUT2D eigenvalue weighted by molar-refractivity contribution is 0.0126. The fourth-order valence-electron chi connectivity index (χ4n) is 6.05. The number of benzene rings is 2. The molecule has 6 rings (SSSR count). The molecule has 4 heterocycles. The molecule has 0 aliphatic carbocycles. The highest BCUT2D eigenvalue weighted by molar-refractivity contribution is 7.17. The van der Waals surface area contributed by atoms with Crippen molar-refractivity contribution >= 4 is 27.6 Å². The molecule has 1 amide bonds. The average Bonchev–Trinajstić information content (AvgIpc) is 3.73. The van der Waals surface area contributed by atoms with Gasteiger partial charge in [0.25, 0.3) is 0 Å². The van der Waals surface area contributed by atoms with E-state index in [-0.39, 0.29) is 12.2 Å². The van der Waals surface area contributed by atoms with Crippen molar-refractivity contribution in [2.75, 3.05) is 19.7 Å². The number of likely N-dealkylation sites (tertiary alicyclic amines) is 1. The number of carbonyl (C=O) groups is 1. The van der Waals surface area contributed by atoms with E-state index in [1.165, 1.54) is 15.9 Å². The van der Waals surface area contributed by atoms with Gasteiger partial charge in [0.1, 0.15) is 29.8 Å². The average molecular weight is 641 g/mol. The summed E-state index contributed by atoms with van der Waals surface area (Å²) in [4.78, 5) is 19.4. The molecule has 0 bridgehead atoms. The lowest BCUT2D eigenvalue weighted by Gasteiger charge is -2.33. The van der Waals surface area contributed by atoms with Crippen molar-refractivity contribution in [1.82, 2.24) is 19.0 Å². The van der Waals surface area contributed by atoms with Gasteiger partial charge < -0.3 is 28.2 Å². The maximum absolute atomic E-state index is 12.4. The number of ether oxygens (including phenoxy) is 3. The van der Waals surface area contributed by atoms with Crippen LogP contribution in [0.4, 0.5) is 4.79 Å². The Kier molecular flexibility index (Phi) is 9.40. The van der Waals surface area contributed by atoms with Crippen LogP contribution in [-0.2, 0) is 24.8 Å². The van der Waals surface area contributed by atoms with Crippen molar-refractivity contribution in [3.8, 4) is 34.3 Å². The number of amides is 1. The van der Waals surface area contributed by atoms with Crippen LogP contribution in [-0.4, -0.2) is 56.5 Å². The number of rotatable bonds is 10. The summed E-state index contributed by atoms with van der Waals surface area (Å²) in [6.07, 6.45) is 3.31. The van der Waals surface area contributed by atoms with Crippen LogP contribution in [0.3, 0.4) is 0 Å². The van der Waals surface area contributed by atoms with Gasteiger partial charge in [-0.3, -0.25) is 0 Å². The Bertz CT molecular complexity index is 1760. The minimum absolute atomic E-state index is 0.0636. The van der Waals surface area contributed by atoms with Crippen molar-refractivity contribution < 1.29 is 19.0 Å². The fraction of sp³-hybridized carbons (Fsp3) is 0.405. The maximum Gasteiger partial charge on any atom is 0.410 e. The molecule has 0 unspecified atom stereocenters. The van der Waals surface area contributed by atoms with Gasteiger partial charge in [0.15, 0.2) is 5.82 Å². The lowest BCUT2D eigenvalue weighted by atomic mass is 10.1. The van der Waals surface area contributed by atoms with Gasteiger partial charge in [0, 0.05) is 44.2 Å². The van der Waals surface area contributed by atoms with Gasteiger partial charge >= 0.3 is 6.09 Å². The van der Waals surface area contributed by atoms with E-state index in [4.69, 9.17) is 19.2 Å². The standard InChI is InChI=1S/C37H44N4O4S/c1-6-10-31-34(26-11-8-7-9-12-26)38-35(32-25-33-30(39(32)5)19-24-46-33)41(31)22-23-43-27-13-15-28(16-14-27)44-29-17-20-40(21-18-29)36(42)45-37(2,3)4/h7-9,11-16,19,24-25,29H,6,10,17-18,20-23H2,1-5H3. The predicted octanol–water partition coefficient (Wildman–Crippen LogP) is 8.58. The molecule has 1 aliphatic rings. The van der Waals surface area contributed by atoms with Crippen LogP contribution in [0.5, 0.6) is 11.5 Å². The zero-order chi connectivity index (χ0) is 32.3. The minimum Gasteiger partial charge on any atom is -0.492 e. The molecule has 2 aromatic carbocycles. The number of nitrogens with zero attached hydrogens (tertiary/aromatic N) is 4. The Labute approximate surface area is 275 Å². The number of piperidine rings is 1. The Morgan fingerprint density at radius 2 is 1.72 bits per heavy atom. The van der Waals surface area contributed by atoms with Crippen molar-refractivity contribution in [3.05, 3.63) is 77.8 Å². The van der Waals surface area contributed by atoms with Gasteiger partial charge in [-0.15, -0.1) is 11.3 Å². The molecule has 0 atom stereocenters. The molecule has 1 saturated heterocycles. The van der Waals surface area contributed by atoms with Crippen LogP contribution in [0.25, 0.3) is 33.0 Å². The van der Waals surface area contributed by atoms with Crippen LogP contribution >= 0.6 is 11.3 Å². The van der Waals surface area contributed by atoms with Gasteiger partial charge in [0.05, 0.1) is 28.1 Å². The molecule has 9 heteroatoms. The van der Waals surface area contributed by atoms with Crippen LogP contribution in [0.15, 0.2) is 72.1 Å². The number of aryl methyl sites for hydroxylation is 1. The summed E-state index contributed by atoms with van der Waals surface area (Å²) in [6, 6.07) is 22.8. The number of aromatic nitrogens is 3. The highest BCUT2D eigenvalue weighted by Gasteiger charge is 2.28. The molecule has 0 spiro atoms. The van der Waals surface area contributed by atoms with E-state index in [9.17, 15) is 4.79 Å². The molecule has 8 nitrogen and oxygen atoms in total. The number of imidazole rings is 1. The van der Waals surface area contributed by atoms with Gasteiger partial charge in [-0.1, -0.05) is 43.7 Å². The Hall–Kier alpha value is -4.24. The van der Waals surface area contributed by atoms with Crippen molar-refractivity contribution in [3.63, 3.8) is 0 Å². The highest BCUT2D eigenvalue weighted by atomic mass is 32.1. The zero-order valence-electron chi connectivity index (χ0n) is 27.5. The van der Waals surface area contributed by atoms with E-state index in [1.54, 1.807) is 16.2 Å². The van der Waals surface area contributed by atoms with E-state index in [1.807, 2.05) is 51.1 Å². The second-order valence-corrected chi connectivity index (χ2v) is 13.8. The monoisotopic (exact) mass is 640 g/mol. The Morgan fingerprint density at radius 1 is 1.00 bits per heavy atom. The molecule has 242 valence electrons. The third-order valence-electron chi connectivity index (χ3n) is 8.30. The summed E-state index contributed by atoms with van der Waals surface area (Å²) in [5, 5.41) is 2.14. The number of hydrogen-bond donors (Lipinski definition) is 0. The number of fused-ring (bicyclic) bond motifs is 1. The first kappa shape index (κ1) is 31.7. The van der Waals surface area contributed by atoms with Crippen LogP contribution < -0.4 is 9.47 Å². The second-order valence-electron chi connectivity index (χ2n) is 12.9. The summed E-state index contributed by atoms with van der Waals surface area (Å²) in [6.45, 7) is 10.3. The Morgan fingerprint density at radius 3 is 2.39 bits per heavy atom. The van der Waals surface area contributed by atoms with E-state index in [2.05, 4.69) is 64.9 Å². The summed E-state index contributed by atoms with van der Waals surface area (Å²) in [7, 11) is 2.12. The predicted molar refractivity (Wildman–Crippen MR) is 185 cm³/mol. The molecule has 0 N–H and O–H groups in total. The molecule has 1 aliphatic heterocycles. The summed E-state index contributed by atoms with van der Waals surface area (Å²) in [5.41, 5.74) is 5.25. The lowest BCUT2D eigenvalue weighted by Crippen LogP contribution is -2.44. The summed E-state index contributed by atoms with van der Waals surface area (Å²) >= 11 is 1.76. The second kappa shape index (κ2) is 13.6. The molecule has 0 radical (unpaired) electrons. The summed E-state index contributed by atoms with van der Waals surface area (Å²) < 4.78 is 23.9. The largest absolute Gasteiger partial charge is 0.492 e. The van der Waals surface area contributed by atoms with Crippen LogP contribution in [0, 0.1) is 0 Å². The molecule has 3 aromatic heterocycles. The number of thiophene rings is 1. The quantitative estimate of drug-likeness (QED) is 0.153. The first-order valence-corrected chi connectivity index (χ1v) is 17.1. The summed E-state index contributed by atoms with van der Waals surface area (Å²) in [5.74, 6) is 2.58. The SMILES string of the molecule is CCCc1c(-c2ccccc2)nc(-c2cc3sccc3n2C)n1CCOc1ccc(OC2CCN(C(=O)OC(C)(C)C)CC2)cc1. The topological polar surface area (TPSA) is 70.8 Å². The number of hydrogen-bond acceptors (Lipinski definition) is 6. The normalized spacial score (nSPS) is 14.2. The third-order valence-corrected chi connectivity index (χ3v) is 9.16. The maximum atomic E-state index is 12.4. The molecular formula is C37H44N4O4S.